The van der Waals surface area contributed by atoms with Gasteiger partial charge in [0.25, 0.3) is 6.43 Å². The summed E-state index contributed by atoms with van der Waals surface area (Å²) in [5, 5.41) is 3.07. The minimum absolute atomic E-state index is 0.574. The molecule has 0 spiro atoms. The zero-order chi connectivity index (χ0) is 12.0. The van der Waals surface area contributed by atoms with E-state index in [1.54, 1.807) is 0 Å². The molecular formula is C12H24F2N2. The van der Waals surface area contributed by atoms with Crippen molar-refractivity contribution in [1.82, 2.24) is 10.2 Å². The van der Waals surface area contributed by atoms with Crippen molar-refractivity contribution in [3.8, 4) is 0 Å². The van der Waals surface area contributed by atoms with Crippen LogP contribution in [0.15, 0.2) is 0 Å². The lowest BCUT2D eigenvalue weighted by Gasteiger charge is -2.42. The zero-order valence-electron chi connectivity index (χ0n) is 10.4. The lowest BCUT2D eigenvalue weighted by atomic mass is 9.87. The normalized spacial score (nSPS) is 21.6. The molecule has 0 aromatic heterocycles. The van der Waals surface area contributed by atoms with E-state index in [4.69, 9.17) is 0 Å². The van der Waals surface area contributed by atoms with Crippen molar-refractivity contribution in [2.24, 2.45) is 0 Å². The minimum atomic E-state index is -2.25. The molecule has 1 aliphatic heterocycles. The molecule has 0 radical (unpaired) electrons. The van der Waals surface area contributed by atoms with Crippen LogP contribution in [-0.4, -0.2) is 43.0 Å². The predicted molar refractivity (Wildman–Crippen MR) is 63.0 cm³/mol. The van der Waals surface area contributed by atoms with Crippen LogP contribution in [0.3, 0.4) is 0 Å². The Labute approximate surface area is 97.4 Å². The van der Waals surface area contributed by atoms with Crippen LogP contribution in [0, 0.1) is 0 Å². The molecule has 1 heterocycles. The highest BCUT2D eigenvalue weighted by molar-refractivity contribution is 4.95. The quantitative estimate of drug-likeness (QED) is 0.759. The number of alkyl halides is 2. The number of rotatable bonds is 6. The molecule has 1 N–H and O–H groups in total. The van der Waals surface area contributed by atoms with E-state index < -0.39 is 12.0 Å². The van der Waals surface area contributed by atoms with E-state index in [9.17, 15) is 8.78 Å². The summed E-state index contributed by atoms with van der Waals surface area (Å²) >= 11 is 0. The first-order valence-corrected chi connectivity index (χ1v) is 6.40. The van der Waals surface area contributed by atoms with E-state index in [0.29, 0.717) is 19.4 Å². The third-order valence-electron chi connectivity index (χ3n) is 3.43. The van der Waals surface area contributed by atoms with Gasteiger partial charge in [0.05, 0.1) is 5.54 Å². The number of likely N-dealkylation sites (tertiary alicyclic amines) is 1. The molecule has 96 valence electrons. The smallest absolute Gasteiger partial charge is 0.256 e. The number of piperidine rings is 1. The van der Waals surface area contributed by atoms with Gasteiger partial charge in [-0.1, -0.05) is 13.8 Å². The maximum atomic E-state index is 13.1. The molecule has 0 amide bonds. The van der Waals surface area contributed by atoms with Crippen molar-refractivity contribution in [1.29, 1.82) is 0 Å². The molecule has 1 rings (SSSR count). The first kappa shape index (κ1) is 13.8. The molecule has 1 aliphatic rings. The largest absolute Gasteiger partial charge is 0.306 e. The first-order chi connectivity index (χ1) is 7.64. The molecule has 0 atom stereocenters. The fraction of sp³-hybridized carbons (Fsp3) is 1.00. The highest BCUT2D eigenvalue weighted by Gasteiger charge is 2.41. The number of nitrogens with zero attached hydrogens (tertiary/aromatic N) is 1. The molecule has 0 saturated carbocycles. The molecule has 4 heteroatoms. The molecule has 1 saturated heterocycles. The van der Waals surface area contributed by atoms with E-state index >= 15 is 0 Å². The van der Waals surface area contributed by atoms with Crippen LogP contribution in [0.5, 0.6) is 0 Å². The number of nitrogens with one attached hydrogen (secondary N) is 1. The van der Waals surface area contributed by atoms with Gasteiger partial charge >= 0.3 is 0 Å². The zero-order valence-corrected chi connectivity index (χ0v) is 10.4. The second-order valence-electron chi connectivity index (χ2n) is 4.73. The van der Waals surface area contributed by atoms with Crippen LogP contribution in [0.4, 0.5) is 8.78 Å². The Morgan fingerprint density at radius 3 is 2.25 bits per heavy atom. The average molecular weight is 234 g/mol. The Bertz CT molecular complexity index is 189. The maximum absolute atomic E-state index is 13.1. The maximum Gasteiger partial charge on any atom is 0.256 e. The van der Waals surface area contributed by atoms with Crippen LogP contribution in [-0.2, 0) is 0 Å². The monoisotopic (exact) mass is 234 g/mol. The Morgan fingerprint density at radius 1 is 1.19 bits per heavy atom. The van der Waals surface area contributed by atoms with Gasteiger partial charge < -0.3 is 10.2 Å². The molecule has 0 aliphatic carbocycles. The fourth-order valence-corrected chi connectivity index (χ4v) is 2.34. The Hall–Kier alpha value is -0.220. The van der Waals surface area contributed by atoms with Crippen molar-refractivity contribution < 1.29 is 8.78 Å². The number of halogens is 2. The van der Waals surface area contributed by atoms with Gasteiger partial charge in [0.2, 0.25) is 0 Å². The molecule has 2 nitrogen and oxygen atoms in total. The van der Waals surface area contributed by atoms with Crippen LogP contribution in [0.25, 0.3) is 0 Å². The van der Waals surface area contributed by atoms with Gasteiger partial charge in [-0.15, -0.1) is 0 Å². The predicted octanol–water partition coefficient (Wildman–Crippen LogP) is 2.50. The van der Waals surface area contributed by atoms with Gasteiger partial charge in [-0.3, -0.25) is 0 Å². The van der Waals surface area contributed by atoms with Crippen molar-refractivity contribution >= 4 is 0 Å². The van der Waals surface area contributed by atoms with E-state index in [1.165, 1.54) is 0 Å². The standard InChI is InChI=1S/C12H24F2N2/c1-3-7-15-12(11(13)14)5-9-16(8-4-2)10-6-12/h11,15H,3-10H2,1-2H3. The van der Waals surface area contributed by atoms with Gasteiger partial charge in [-0.25, -0.2) is 8.78 Å². The van der Waals surface area contributed by atoms with Gasteiger partial charge in [-0.2, -0.15) is 0 Å². The van der Waals surface area contributed by atoms with Crippen LogP contribution in [0.1, 0.15) is 39.5 Å². The lowest BCUT2D eigenvalue weighted by molar-refractivity contribution is -0.0108. The molecule has 0 aromatic carbocycles. The topological polar surface area (TPSA) is 15.3 Å². The van der Waals surface area contributed by atoms with Crippen LogP contribution in [0.2, 0.25) is 0 Å². The summed E-state index contributed by atoms with van der Waals surface area (Å²) < 4.78 is 26.3. The summed E-state index contributed by atoms with van der Waals surface area (Å²) in [7, 11) is 0. The number of hydrogen-bond donors (Lipinski definition) is 1. The van der Waals surface area contributed by atoms with Crippen LogP contribution < -0.4 is 5.32 Å². The van der Waals surface area contributed by atoms with E-state index in [2.05, 4.69) is 17.1 Å². The molecule has 0 aromatic rings. The summed E-state index contributed by atoms with van der Waals surface area (Å²) in [6.45, 7) is 7.47. The highest BCUT2D eigenvalue weighted by Crippen LogP contribution is 2.28. The van der Waals surface area contributed by atoms with Crippen molar-refractivity contribution in [3.05, 3.63) is 0 Å². The van der Waals surface area contributed by atoms with E-state index in [0.717, 1.165) is 32.5 Å². The molecule has 16 heavy (non-hydrogen) atoms. The summed E-state index contributed by atoms with van der Waals surface area (Å²) in [5.74, 6) is 0. The van der Waals surface area contributed by atoms with Crippen molar-refractivity contribution in [2.45, 2.75) is 51.5 Å². The SMILES string of the molecule is CCCNC1(C(F)F)CCN(CCC)CC1. The van der Waals surface area contributed by atoms with E-state index in [-0.39, 0.29) is 0 Å². The average Bonchev–Trinajstić information content (AvgIpc) is 2.28. The summed E-state index contributed by atoms with van der Waals surface area (Å²) in [6, 6.07) is 0. The van der Waals surface area contributed by atoms with Crippen molar-refractivity contribution in [3.63, 3.8) is 0 Å². The first-order valence-electron chi connectivity index (χ1n) is 6.40. The van der Waals surface area contributed by atoms with Gasteiger partial charge in [0.15, 0.2) is 0 Å². The molecule has 1 fully saturated rings. The Balaban J connectivity index is 2.48. The van der Waals surface area contributed by atoms with Crippen LogP contribution >= 0.6 is 0 Å². The minimum Gasteiger partial charge on any atom is -0.306 e. The molecule has 0 unspecified atom stereocenters. The van der Waals surface area contributed by atoms with Gasteiger partial charge in [0.1, 0.15) is 0 Å². The summed E-state index contributed by atoms with van der Waals surface area (Å²) in [5.41, 5.74) is -0.916. The van der Waals surface area contributed by atoms with Gasteiger partial charge in [-0.05, 0) is 38.8 Å². The highest BCUT2D eigenvalue weighted by atomic mass is 19.3. The lowest BCUT2D eigenvalue weighted by Crippen LogP contribution is -2.58. The second-order valence-corrected chi connectivity index (χ2v) is 4.73. The third kappa shape index (κ3) is 3.39. The summed E-state index contributed by atoms with van der Waals surface area (Å²) in [6.07, 6.45) is 0.912. The second kappa shape index (κ2) is 6.50. The Kier molecular flexibility index (Phi) is 5.62. The van der Waals surface area contributed by atoms with Crippen molar-refractivity contribution in [2.75, 3.05) is 26.2 Å². The fourth-order valence-electron chi connectivity index (χ4n) is 2.34. The summed E-state index contributed by atoms with van der Waals surface area (Å²) in [4.78, 5) is 2.29. The third-order valence-corrected chi connectivity index (χ3v) is 3.43. The molecule has 0 bridgehead atoms. The number of hydrogen-bond acceptors (Lipinski definition) is 2. The molecular weight excluding hydrogens is 210 g/mol. The van der Waals surface area contributed by atoms with E-state index in [1.807, 2.05) is 6.92 Å². The Morgan fingerprint density at radius 2 is 1.81 bits per heavy atom. The van der Waals surface area contributed by atoms with Gasteiger partial charge in [0, 0.05) is 13.1 Å².